The fourth-order valence-corrected chi connectivity index (χ4v) is 5.10. The molecular weight excluding hydrogens is 520 g/mol. The van der Waals surface area contributed by atoms with Crippen LogP contribution in [0.4, 0.5) is 0 Å². The molecule has 8 nitrogen and oxygen atoms in total. The van der Waals surface area contributed by atoms with E-state index < -0.39 is 17.7 Å². The van der Waals surface area contributed by atoms with Gasteiger partial charge in [0.15, 0.2) is 0 Å². The molecule has 0 spiro atoms. The van der Waals surface area contributed by atoms with E-state index in [-0.39, 0.29) is 17.9 Å². The predicted molar refractivity (Wildman–Crippen MR) is 149 cm³/mol. The lowest BCUT2D eigenvalue weighted by Crippen LogP contribution is -2.31. The number of hydrogen-bond acceptors (Lipinski definition) is 6. The van der Waals surface area contributed by atoms with Crippen molar-refractivity contribution in [2.24, 2.45) is 0 Å². The molecule has 0 bridgehead atoms. The first-order chi connectivity index (χ1) is 18.9. The van der Waals surface area contributed by atoms with E-state index in [1.807, 2.05) is 24.4 Å². The Kier molecular flexibility index (Phi) is 7.21. The van der Waals surface area contributed by atoms with E-state index in [0.29, 0.717) is 34.1 Å². The molecule has 200 valence electrons. The Morgan fingerprint density at radius 1 is 0.949 bits per heavy atom. The minimum absolute atomic E-state index is 0.0219. The molecule has 1 unspecified atom stereocenters. The molecule has 9 heteroatoms. The van der Waals surface area contributed by atoms with Crippen LogP contribution in [0, 0.1) is 0 Å². The number of hydrogen-bond donors (Lipinski definition) is 2. The number of aromatic nitrogens is 1. The van der Waals surface area contributed by atoms with Gasteiger partial charge in [-0.2, -0.15) is 0 Å². The number of ether oxygens (including phenoxy) is 3. The molecule has 1 aliphatic rings. The first kappa shape index (κ1) is 26.2. The number of fused-ring (bicyclic) bond motifs is 1. The normalized spacial score (nSPS) is 16.6. The number of likely N-dealkylation sites (tertiary alicyclic amines) is 1. The molecular formula is C30H27ClN2O6. The van der Waals surface area contributed by atoms with E-state index >= 15 is 0 Å². The Balaban J connectivity index is 1.60. The smallest absolute Gasteiger partial charge is 0.295 e. The number of aliphatic hydroxyl groups excluding tert-OH is 1. The van der Waals surface area contributed by atoms with E-state index in [1.54, 1.807) is 49.6 Å². The third kappa shape index (κ3) is 4.79. The van der Waals surface area contributed by atoms with Crippen LogP contribution < -0.4 is 14.2 Å². The Morgan fingerprint density at radius 3 is 2.33 bits per heavy atom. The van der Waals surface area contributed by atoms with Crippen LogP contribution >= 0.6 is 11.6 Å². The van der Waals surface area contributed by atoms with Crippen molar-refractivity contribution in [3.63, 3.8) is 0 Å². The first-order valence-electron chi connectivity index (χ1n) is 12.3. The molecule has 0 radical (unpaired) electrons. The fraction of sp³-hybridized carbons (Fsp3) is 0.200. The number of Topliss-reactive ketones (excluding diaryl/α,β-unsaturated/α-hetero) is 1. The van der Waals surface area contributed by atoms with E-state index in [0.717, 1.165) is 22.2 Å². The maximum absolute atomic E-state index is 13.5. The van der Waals surface area contributed by atoms with E-state index in [4.69, 9.17) is 25.8 Å². The Morgan fingerprint density at radius 2 is 1.64 bits per heavy atom. The summed E-state index contributed by atoms with van der Waals surface area (Å²) in [7, 11) is 4.65. The summed E-state index contributed by atoms with van der Waals surface area (Å²) in [5.41, 5.74) is 2.80. The van der Waals surface area contributed by atoms with Crippen molar-refractivity contribution in [2.45, 2.75) is 12.5 Å². The molecule has 2 N–H and O–H groups in total. The van der Waals surface area contributed by atoms with Gasteiger partial charge < -0.3 is 29.2 Å². The zero-order chi connectivity index (χ0) is 27.7. The minimum atomic E-state index is -0.888. The second-order valence-electron chi connectivity index (χ2n) is 9.08. The van der Waals surface area contributed by atoms with Gasteiger partial charge in [0.1, 0.15) is 23.0 Å². The van der Waals surface area contributed by atoms with Crippen LogP contribution in [0.3, 0.4) is 0 Å². The highest BCUT2D eigenvalue weighted by Crippen LogP contribution is 2.44. The van der Waals surface area contributed by atoms with Crippen molar-refractivity contribution in [3.8, 4) is 17.2 Å². The van der Waals surface area contributed by atoms with Crippen LogP contribution in [0.25, 0.3) is 16.7 Å². The molecule has 0 aliphatic carbocycles. The lowest BCUT2D eigenvalue weighted by molar-refractivity contribution is -0.139. The number of rotatable bonds is 8. The number of nitrogens with zero attached hydrogens (tertiary/aromatic N) is 1. The number of carbonyl (C=O) groups excluding carboxylic acids is 2. The average Bonchev–Trinajstić information content (AvgIpc) is 3.48. The van der Waals surface area contributed by atoms with Crippen molar-refractivity contribution in [3.05, 3.63) is 94.1 Å². The first-order valence-corrected chi connectivity index (χ1v) is 12.6. The summed E-state index contributed by atoms with van der Waals surface area (Å²) < 4.78 is 16.3. The molecule has 4 aromatic rings. The topological polar surface area (TPSA) is 101 Å². The Labute approximate surface area is 230 Å². The van der Waals surface area contributed by atoms with E-state index in [2.05, 4.69) is 4.98 Å². The number of H-pyrrole nitrogens is 1. The minimum Gasteiger partial charge on any atom is -0.507 e. The highest BCUT2D eigenvalue weighted by atomic mass is 35.5. The van der Waals surface area contributed by atoms with Gasteiger partial charge in [-0.25, -0.2) is 0 Å². The molecule has 1 atom stereocenters. The van der Waals surface area contributed by atoms with Gasteiger partial charge in [0.2, 0.25) is 0 Å². The largest absolute Gasteiger partial charge is 0.507 e. The van der Waals surface area contributed by atoms with Gasteiger partial charge in [0, 0.05) is 45.9 Å². The van der Waals surface area contributed by atoms with Gasteiger partial charge in [-0.15, -0.1) is 0 Å². The fourth-order valence-electron chi connectivity index (χ4n) is 4.97. The van der Waals surface area contributed by atoms with Crippen molar-refractivity contribution in [1.29, 1.82) is 0 Å². The SMILES string of the molecule is COc1ccc(C2/C(=C(/O)c3ccc(Cl)cc3)C(=O)C(=O)N2CCc2c[nH]c3ccc(OC)cc23)c(OC)c1. The zero-order valence-corrected chi connectivity index (χ0v) is 22.4. The molecule has 2 heterocycles. The highest BCUT2D eigenvalue weighted by Gasteiger charge is 2.47. The second kappa shape index (κ2) is 10.7. The lowest BCUT2D eigenvalue weighted by Gasteiger charge is -2.27. The van der Waals surface area contributed by atoms with Crippen molar-refractivity contribution in [1.82, 2.24) is 9.88 Å². The van der Waals surface area contributed by atoms with Crippen LogP contribution in [0.5, 0.6) is 17.2 Å². The zero-order valence-electron chi connectivity index (χ0n) is 21.7. The summed E-state index contributed by atoms with van der Waals surface area (Å²) in [6, 6.07) is 16.4. The summed E-state index contributed by atoms with van der Waals surface area (Å²) in [4.78, 5) is 31.6. The number of halogens is 1. The number of benzene rings is 3. The van der Waals surface area contributed by atoms with Gasteiger partial charge in [0.25, 0.3) is 11.7 Å². The summed E-state index contributed by atoms with van der Waals surface area (Å²) in [5, 5.41) is 12.8. The third-order valence-corrected chi connectivity index (χ3v) is 7.24. The molecule has 1 aromatic heterocycles. The molecule has 1 fully saturated rings. The number of methoxy groups -OCH3 is 3. The molecule has 0 saturated carbocycles. The average molecular weight is 547 g/mol. The summed E-state index contributed by atoms with van der Waals surface area (Å²) >= 11 is 6.03. The number of carbonyl (C=O) groups is 2. The van der Waals surface area contributed by atoms with E-state index in [9.17, 15) is 14.7 Å². The van der Waals surface area contributed by atoms with Crippen molar-refractivity contribution >= 4 is 40.0 Å². The Hall–Kier alpha value is -4.43. The third-order valence-electron chi connectivity index (χ3n) is 6.99. The maximum atomic E-state index is 13.5. The number of aliphatic hydroxyl groups is 1. The van der Waals surface area contributed by atoms with Gasteiger partial charge in [0.05, 0.1) is 32.9 Å². The predicted octanol–water partition coefficient (Wildman–Crippen LogP) is 5.51. The van der Waals surface area contributed by atoms with E-state index in [1.165, 1.54) is 19.1 Å². The molecule has 39 heavy (non-hydrogen) atoms. The molecule has 1 aliphatic heterocycles. The molecule has 1 amide bonds. The van der Waals surface area contributed by atoms with Crippen LogP contribution in [0.1, 0.15) is 22.7 Å². The highest BCUT2D eigenvalue weighted by molar-refractivity contribution is 6.46. The van der Waals surface area contributed by atoms with Crippen molar-refractivity contribution < 1.29 is 28.9 Å². The standard InChI is InChI=1S/C30H27ClN2O6/c1-37-20-9-11-24-23(14-20)18(16-32-24)12-13-33-27(22-10-8-21(38-2)15-25(22)39-3)26(29(35)30(33)36)28(34)17-4-6-19(31)7-5-17/h4-11,14-16,27,32,34H,12-13H2,1-3H3/b28-26-. The molecule has 1 saturated heterocycles. The lowest BCUT2D eigenvalue weighted by atomic mass is 9.94. The van der Waals surface area contributed by atoms with Crippen LogP contribution in [0.15, 0.2) is 72.4 Å². The van der Waals surface area contributed by atoms with Gasteiger partial charge in [-0.05, 0) is 66.6 Å². The molecule has 5 rings (SSSR count). The van der Waals surface area contributed by atoms with Crippen LogP contribution in [0.2, 0.25) is 5.02 Å². The second-order valence-corrected chi connectivity index (χ2v) is 9.52. The summed E-state index contributed by atoms with van der Waals surface area (Å²) in [6.07, 6.45) is 2.34. The number of ketones is 1. The van der Waals surface area contributed by atoms with Crippen LogP contribution in [-0.2, 0) is 16.0 Å². The van der Waals surface area contributed by atoms with Gasteiger partial charge in [-0.3, -0.25) is 9.59 Å². The number of amides is 1. The van der Waals surface area contributed by atoms with Crippen LogP contribution in [-0.4, -0.2) is 54.6 Å². The number of aromatic amines is 1. The van der Waals surface area contributed by atoms with Gasteiger partial charge >= 0.3 is 0 Å². The maximum Gasteiger partial charge on any atom is 0.295 e. The monoisotopic (exact) mass is 546 g/mol. The van der Waals surface area contributed by atoms with Gasteiger partial charge in [-0.1, -0.05) is 11.6 Å². The molecule has 3 aromatic carbocycles. The summed E-state index contributed by atoms with van der Waals surface area (Å²) in [6.45, 7) is 0.214. The number of nitrogens with one attached hydrogen (secondary N) is 1. The quantitative estimate of drug-likeness (QED) is 0.172. The Bertz CT molecular complexity index is 1590. The van der Waals surface area contributed by atoms with Crippen molar-refractivity contribution in [2.75, 3.05) is 27.9 Å². The summed E-state index contributed by atoms with van der Waals surface area (Å²) in [5.74, 6) is -0.0678.